The number of carbonyl (C=O) groups excluding carboxylic acids is 1. The standard InChI is InChI=1S/C13H17ClN2O.ClH/c1-9(15)12(17)16-8-13(6-7-13)10-4-2-3-5-11(10)14;/h2-5,9H,6-8,15H2,1H3,(H,16,17);1H. The van der Waals surface area contributed by atoms with E-state index in [-0.39, 0.29) is 23.7 Å². The minimum absolute atomic E-state index is 0. The minimum Gasteiger partial charge on any atom is -0.354 e. The molecule has 1 unspecified atom stereocenters. The summed E-state index contributed by atoms with van der Waals surface area (Å²) in [4.78, 5) is 11.5. The smallest absolute Gasteiger partial charge is 0.236 e. The Morgan fingerprint density at radius 3 is 2.61 bits per heavy atom. The first kappa shape index (κ1) is 15.3. The van der Waals surface area contributed by atoms with Crippen LogP contribution in [-0.4, -0.2) is 18.5 Å². The second-order valence-electron chi connectivity index (χ2n) is 4.77. The normalized spacial score (nSPS) is 17.5. The van der Waals surface area contributed by atoms with Crippen LogP contribution in [0.3, 0.4) is 0 Å². The first-order chi connectivity index (χ1) is 8.05. The highest BCUT2D eigenvalue weighted by atomic mass is 35.5. The van der Waals surface area contributed by atoms with Gasteiger partial charge < -0.3 is 11.1 Å². The summed E-state index contributed by atoms with van der Waals surface area (Å²) in [6, 6.07) is 7.37. The van der Waals surface area contributed by atoms with Crippen molar-refractivity contribution < 1.29 is 4.79 Å². The van der Waals surface area contributed by atoms with E-state index in [1.165, 1.54) is 0 Å². The van der Waals surface area contributed by atoms with Gasteiger partial charge in [-0.1, -0.05) is 29.8 Å². The molecule has 5 heteroatoms. The average molecular weight is 289 g/mol. The monoisotopic (exact) mass is 288 g/mol. The van der Waals surface area contributed by atoms with Crippen molar-refractivity contribution in [2.24, 2.45) is 5.73 Å². The zero-order valence-electron chi connectivity index (χ0n) is 10.3. The summed E-state index contributed by atoms with van der Waals surface area (Å²) in [5.74, 6) is -0.108. The Morgan fingerprint density at radius 1 is 1.50 bits per heavy atom. The number of hydrogen-bond acceptors (Lipinski definition) is 2. The Balaban J connectivity index is 0.00000162. The van der Waals surface area contributed by atoms with Gasteiger partial charge in [0.15, 0.2) is 0 Å². The Hall–Kier alpha value is -0.770. The Kier molecular flexibility index (Phi) is 5.02. The van der Waals surface area contributed by atoms with Crippen molar-refractivity contribution in [1.29, 1.82) is 0 Å². The van der Waals surface area contributed by atoms with Crippen LogP contribution in [0.2, 0.25) is 5.02 Å². The van der Waals surface area contributed by atoms with E-state index in [1.807, 2.05) is 24.3 Å². The third-order valence-electron chi connectivity index (χ3n) is 3.31. The Labute approximate surface area is 118 Å². The van der Waals surface area contributed by atoms with Crippen molar-refractivity contribution in [3.05, 3.63) is 34.9 Å². The van der Waals surface area contributed by atoms with Crippen molar-refractivity contribution >= 4 is 29.9 Å². The molecule has 0 radical (unpaired) electrons. The van der Waals surface area contributed by atoms with Gasteiger partial charge in [-0.25, -0.2) is 0 Å². The number of hydrogen-bond donors (Lipinski definition) is 2. The molecule has 0 heterocycles. The van der Waals surface area contributed by atoms with Crippen LogP contribution in [0.4, 0.5) is 0 Å². The third-order valence-corrected chi connectivity index (χ3v) is 3.64. The molecule has 0 aliphatic heterocycles. The predicted molar refractivity (Wildman–Crippen MR) is 76.3 cm³/mol. The fourth-order valence-corrected chi connectivity index (χ4v) is 2.34. The van der Waals surface area contributed by atoms with Crippen LogP contribution >= 0.6 is 24.0 Å². The van der Waals surface area contributed by atoms with Gasteiger partial charge in [0.05, 0.1) is 6.04 Å². The maximum Gasteiger partial charge on any atom is 0.236 e. The van der Waals surface area contributed by atoms with Crippen molar-refractivity contribution in [2.75, 3.05) is 6.54 Å². The summed E-state index contributed by atoms with van der Waals surface area (Å²) in [6.07, 6.45) is 2.13. The molecule has 1 aromatic carbocycles. The maximum atomic E-state index is 11.5. The average Bonchev–Trinajstić information content (AvgIpc) is 3.07. The van der Waals surface area contributed by atoms with Gasteiger partial charge in [-0.15, -0.1) is 12.4 Å². The highest BCUT2D eigenvalue weighted by Gasteiger charge is 2.45. The molecule has 0 saturated heterocycles. The topological polar surface area (TPSA) is 55.1 Å². The summed E-state index contributed by atoms with van der Waals surface area (Å²) in [6.45, 7) is 2.31. The molecule has 3 nitrogen and oxygen atoms in total. The molecule has 3 N–H and O–H groups in total. The van der Waals surface area contributed by atoms with Crippen LogP contribution in [0.25, 0.3) is 0 Å². The quantitative estimate of drug-likeness (QED) is 0.893. The second kappa shape index (κ2) is 5.91. The Bertz CT molecular complexity index is 431. The van der Waals surface area contributed by atoms with Crippen LogP contribution < -0.4 is 11.1 Å². The lowest BCUT2D eigenvalue weighted by Crippen LogP contribution is -2.41. The molecule has 100 valence electrons. The van der Waals surface area contributed by atoms with Gasteiger partial charge in [0, 0.05) is 17.0 Å². The molecule has 1 aliphatic rings. The molecule has 1 aliphatic carbocycles. The number of benzene rings is 1. The van der Waals surface area contributed by atoms with Gasteiger partial charge in [-0.05, 0) is 31.4 Å². The molecular formula is C13H18Cl2N2O. The minimum atomic E-state index is -0.461. The van der Waals surface area contributed by atoms with Crippen LogP contribution in [0, 0.1) is 0 Å². The fourth-order valence-electron chi connectivity index (χ4n) is 2.00. The van der Waals surface area contributed by atoms with Crippen LogP contribution in [-0.2, 0) is 10.2 Å². The number of halogens is 2. The zero-order chi connectivity index (χ0) is 12.5. The van der Waals surface area contributed by atoms with Crippen LogP contribution in [0.15, 0.2) is 24.3 Å². The van der Waals surface area contributed by atoms with Gasteiger partial charge in [-0.2, -0.15) is 0 Å². The molecule has 18 heavy (non-hydrogen) atoms. The molecule has 1 atom stereocenters. The van der Waals surface area contributed by atoms with E-state index in [0.29, 0.717) is 6.54 Å². The second-order valence-corrected chi connectivity index (χ2v) is 5.17. The van der Waals surface area contributed by atoms with Crippen molar-refractivity contribution in [3.8, 4) is 0 Å². The van der Waals surface area contributed by atoms with Gasteiger partial charge in [-0.3, -0.25) is 4.79 Å². The van der Waals surface area contributed by atoms with Crippen molar-refractivity contribution in [1.82, 2.24) is 5.32 Å². The molecule has 1 saturated carbocycles. The number of rotatable bonds is 4. The lowest BCUT2D eigenvalue weighted by molar-refractivity contribution is -0.122. The Morgan fingerprint density at radius 2 is 2.11 bits per heavy atom. The van der Waals surface area contributed by atoms with Crippen LogP contribution in [0.1, 0.15) is 25.3 Å². The van der Waals surface area contributed by atoms with E-state index < -0.39 is 6.04 Å². The summed E-state index contributed by atoms with van der Waals surface area (Å²) in [7, 11) is 0. The molecule has 1 aromatic rings. The van der Waals surface area contributed by atoms with Crippen LogP contribution in [0.5, 0.6) is 0 Å². The lowest BCUT2D eigenvalue weighted by Gasteiger charge is -2.18. The van der Waals surface area contributed by atoms with E-state index in [9.17, 15) is 4.79 Å². The zero-order valence-corrected chi connectivity index (χ0v) is 11.9. The third kappa shape index (κ3) is 3.16. The first-order valence-electron chi connectivity index (χ1n) is 5.83. The van der Waals surface area contributed by atoms with Gasteiger partial charge in [0.1, 0.15) is 0 Å². The number of carbonyl (C=O) groups is 1. The largest absolute Gasteiger partial charge is 0.354 e. The molecule has 0 spiro atoms. The molecule has 1 amide bonds. The van der Waals surface area contributed by atoms with Crippen molar-refractivity contribution in [2.45, 2.75) is 31.2 Å². The molecule has 0 aromatic heterocycles. The SMILES string of the molecule is CC(N)C(=O)NCC1(c2ccccc2Cl)CC1.Cl. The van der Waals surface area contributed by atoms with E-state index in [0.717, 1.165) is 23.4 Å². The van der Waals surface area contributed by atoms with Gasteiger partial charge >= 0.3 is 0 Å². The fraction of sp³-hybridized carbons (Fsp3) is 0.462. The molecule has 0 bridgehead atoms. The van der Waals surface area contributed by atoms with E-state index in [4.69, 9.17) is 17.3 Å². The molecule has 2 rings (SSSR count). The lowest BCUT2D eigenvalue weighted by atomic mass is 9.96. The van der Waals surface area contributed by atoms with Gasteiger partial charge in [0.2, 0.25) is 5.91 Å². The molecule has 1 fully saturated rings. The van der Waals surface area contributed by atoms with E-state index in [2.05, 4.69) is 5.32 Å². The first-order valence-corrected chi connectivity index (χ1v) is 6.21. The van der Waals surface area contributed by atoms with Gasteiger partial charge in [0.25, 0.3) is 0 Å². The summed E-state index contributed by atoms with van der Waals surface area (Å²) in [5, 5.41) is 3.67. The van der Waals surface area contributed by atoms with E-state index >= 15 is 0 Å². The summed E-state index contributed by atoms with van der Waals surface area (Å²) in [5.41, 5.74) is 6.68. The van der Waals surface area contributed by atoms with E-state index in [1.54, 1.807) is 6.92 Å². The van der Waals surface area contributed by atoms with Crippen molar-refractivity contribution in [3.63, 3.8) is 0 Å². The number of nitrogens with one attached hydrogen (secondary N) is 1. The molecular weight excluding hydrogens is 271 g/mol. The highest BCUT2D eigenvalue weighted by molar-refractivity contribution is 6.31. The summed E-state index contributed by atoms with van der Waals surface area (Å²) < 4.78 is 0. The number of amides is 1. The highest BCUT2D eigenvalue weighted by Crippen LogP contribution is 2.49. The maximum absolute atomic E-state index is 11.5. The summed E-state index contributed by atoms with van der Waals surface area (Å²) >= 11 is 6.19. The number of nitrogens with two attached hydrogens (primary N) is 1. The predicted octanol–water partition coefficient (Wildman–Crippen LogP) is 2.26.